The molecule has 5 heteroatoms. The van der Waals surface area contributed by atoms with E-state index in [1.165, 1.54) is 7.11 Å². The molecule has 0 aliphatic rings. The fourth-order valence-electron chi connectivity index (χ4n) is 1.94. The van der Waals surface area contributed by atoms with Gasteiger partial charge in [-0.25, -0.2) is 14.8 Å². The lowest BCUT2D eigenvalue weighted by atomic mass is 10.2. The number of aromatic nitrogens is 3. The van der Waals surface area contributed by atoms with Gasteiger partial charge in [0.25, 0.3) is 0 Å². The first-order chi connectivity index (χ1) is 9.29. The summed E-state index contributed by atoms with van der Waals surface area (Å²) in [6, 6.07) is 11.0. The number of nitrogens with zero attached hydrogens (tertiary/aromatic N) is 3. The van der Waals surface area contributed by atoms with Gasteiger partial charge in [-0.1, -0.05) is 12.1 Å². The van der Waals surface area contributed by atoms with E-state index in [1.807, 2.05) is 28.8 Å². The van der Waals surface area contributed by atoms with E-state index >= 15 is 0 Å². The predicted octanol–water partition coefficient (Wildman–Crippen LogP) is 2.21. The molecule has 2 aromatic heterocycles. The minimum Gasteiger partial charge on any atom is -0.465 e. The fraction of sp³-hybridized carbons (Fsp3) is 0.0714. The van der Waals surface area contributed by atoms with Crippen LogP contribution >= 0.6 is 0 Å². The SMILES string of the molecule is COC(=O)c1ccnc(-n2cnc3ccccc32)c1. The molecule has 0 aliphatic carbocycles. The van der Waals surface area contributed by atoms with Crippen LogP contribution in [0.2, 0.25) is 0 Å². The van der Waals surface area contributed by atoms with Gasteiger partial charge in [-0.15, -0.1) is 0 Å². The highest BCUT2D eigenvalue weighted by Crippen LogP contribution is 2.17. The maximum Gasteiger partial charge on any atom is 0.338 e. The van der Waals surface area contributed by atoms with Gasteiger partial charge in [0.1, 0.15) is 12.1 Å². The zero-order valence-corrected chi connectivity index (χ0v) is 10.3. The van der Waals surface area contributed by atoms with Crippen LogP contribution in [0, 0.1) is 0 Å². The molecule has 5 nitrogen and oxygen atoms in total. The average molecular weight is 253 g/mol. The number of rotatable bonds is 2. The van der Waals surface area contributed by atoms with Crippen LogP contribution in [0.5, 0.6) is 0 Å². The number of carbonyl (C=O) groups is 1. The monoisotopic (exact) mass is 253 g/mol. The van der Waals surface area contributed by atoms with Gasteiger partial charge in [0, 0.05) is 6.20 Å². The summed E-state index contributed by atoms with van der Waals surface area (Å²) in [6.07, 6.45) is 3.27. The largest absolute Gasteiger partial charge is 0.465 e. The van der Waals surface area contributed by atoms with Crippen molar-refractivity contribution in [3.63, 3.8) is 0 Å². The molecule has 0 bridgehead atoms. The van der Waals surface area contributed by atoms with Crippen LogP contribution in [0.3, 0.4) is 0 Å². The Balaban J connectivity index is 2.14. The minimum absolute atomic E-state index is 0.381. The molecule has 3 rings (SSSR count). The van der Waals surface area contributed by atoms with Crippen LogP contribution in [0.15, 0.2) is 48.9 Å². The number of pyridine rings is 1. The number of hydrogen-bond acceptors (Lipinski definition) is 4. The fourth-order valence-corrected chi connectivity index (χ4v) is 1.94. The second kappa shape index (κ2) is 4.53. The summed E-state index contributed by atoms with van der Waals surface area (Å²) in [7, 11) is 1.36. The van der Waals surface area contributed by atoms with Crippen molar-refractivity contribution in [2.45, 2.75) is 0 Å². The third kappa shape index (κ3) is 1.95. The first kappa shape index (κ1) is 11.4. The Morgan fingerprint density at radius 1 is 1.21 bits per heavy atom. The van der Waals surface area contributed by atoms with Gasteiger partial charge < -0.3 is 4.74 Å². The van der Waals surface area contributed by atoms with Crippen molar-refractivity contribution in [1.82, 2.24) is 14.5 Å². The highest BCUT2D eigenvalue weighted by Gasteiger charge is 2.09. The maximum atomic E-state index is 11.5. The maximum absolute atomic E-state index is 11.5. The molecule has 3 aromatic rings. The van der Waals surface area contributed by atoms with Crippen LogP contribution in [0.25, 0.3) is 16.9 Å². The summed E-state index contributed by atoms with van der Waals surface area (Å²) in [4.78, 5) is 20.1. The smallest absolute Gasteiger partial charge is 0.338 e. The second-order valence-corrected chi connectivity index (χ2v) is 4.00. The van der Waals surface area contributed by atoms with Gasteiger partial charge in [-0.05, 0) is 24.3 Å². The average Bonchev–Trinajstić information content (AvgIpc) is 2.90. The number of methoxy groups -OCH3 is 1. The van der Waals surface area contributed by atoms with E-state index in [-0.39, 0.29) is 5.97 Å². The van der Waals surface area contributed by atoms with Gasteiger partial charge in [-0.2, -0.15) is 0 Å². The zero-order valence-electron chi connectivity index (χ0n) is 10.3. The summed E-state index contributed by atoms with van der Waals surface area (Å²) in [6.45, 7) is 0. The van der Waals surface area contributed by atoms with Crippen LogP contribution in [0.4, 0.5) is 0 Å². The van der Waals surface area contributed by atoms with Crippen LogP contribution in [0.1, 0.15) is 10.4 Å². The third-order valence-electron chi connectivity index (χ3n) is 2.87. The summed E-state index contributed by atoms with van der Waals surface area (Å²) < 4.78 is 6.54. The van der Waals surface area contributed by atoms with Crippen molar-refractivity contribution in [3.8, 4) is 5.82 Å². The lowest BCUT2D eigenvalue weighted by Gasteiger charge is -2.05. The summed E-state index contributed by atoms with van der Waals surface area (Å²) >= 11 is 0. The minimum atomic E-state index is -0.381. The molecule has 0 amide bonds. The van der Waals surface area contributed by atoms with Crippen molar-refractivity contribution in [2.75, 3.05) is 7.11 Å². The normalized spacial score (nSPS) is 10.6. The highest BCUT2D eigenvalue weighted by atomic mass is 16.5. The van der Waals surface area contributed by atoms with Crippen molar-refractivity contribution in [3.05, 3.63) is 54.5 Å². The second-order valence-electron chi connectivity index (χ2n) is 4.00. The molecule has 0 saturated carbocycles. The molecule has 2 heterocycles. The first-order valence-electron chi connectivity index (χ1n) is 5.76. The Labute approximate surface area is 109 Å². The van der Waals surface area contributed by atoms with E-state index in [4.69, 9.17) is 4.74 Å². The van der Waals surface area contributed by atoms with E-state index in [0.29, 0.717) is 11.4 Å². The quantitative estimate of drug-likeness (QED) is 0.657. The van der Waals surface area contributed by atoms with E-state index in [0.717, 1.165) is 11.0 Å². The number of para-hydroxylation sites is 2. The van der Waals surface area contributed by atoms with E-state index in [1.54, 1.807) is 24.7 Å². The van der Waals surface area contributed by atoms with Gasteiger partial charge in [-0.3, -0.25) is 4.57 Å². The van der Waals surface area contributed by atoms with Crippen molar-refractivity contribution < 1.29 is 9.53 Å². The van der Waals surface area contributed by atoms with Crippen molar-refractivity contribution in [1.29, 1.82) is 0 Å². The Bertz CT molecular complexity index is 749. The van der Waals surface area contributed by atoms with E-state index in [2.05, 4.69) is 9.97 Å². The molecule has 94 valence electrons. The van der Waals surface area contributed by atoms with Crippen LogP contribution in [-0.4, -0.2) is 27.6 Å². The summed E-state index contributed by atoms with van der Waals surface area (Å²) in [5.74, 6) is 0.254. The molecular formula is C14H11N3O2. The number of fused-ring (bicyclic) bond motifs is 1. The molecule has 1 aromatic carbocycles. The number of carbonyl (C=O) groups excluding carboxylic acids is 1. The van der Waals surface area contributed by atoms with Gasteiger partial charge in [0.15, 0.2) is 0 Å². The van der Waals surface area contributed by atoms with Crippen molar-refractivity contribution >= 4 is 17.0 Å². The number of benzene rings is 1. The standard InChI is InChI=1S/C14H11N3O2/c1-19-14(18)10-6-7-15-13(8-10)17-9-16-11-4-2-3-5-12(11)17/h2-9H,1H3. The van der Waals surface area contributed by atoms with Gasteiger partial charge >= 0.3 is 5.97 Å². The molecular weight excluding hydrogens is 242 g/mol. The molecule has 0 aliphatic heterocycles. The lowest BCUT2D eigenvalue weighted by Crippen LogP contribution is -2.04. The molecule has 19 heavy (non-hydrogen) atoms. The molecule has 0 fully saturated rings. The van der Waals surface area contributed by atoms with Crippen molar-refractivity contribution in [2.24, 2.45) is 0 Å². The van der Waals surface area contributed by atoms with E-state index in [9.17, 15) is 4.79 Å². The lowest BCUT2D eigenvalue weighted by molar-refractivity contribution is 0.0600. The van der Waals surface area contributed by atoms with Crippen LogP contribution < -0.4 is 0 Å². The Kier molecular flexibility index (Phi) is 2.72. The van der Waals surface area contributed by atoms with Gasteiger partial charge in [0.2, 0.25) is 0 Å². The number of esters is 1. The molecule has 0 unspecified atom stereocenters. The summed E-state index contributed by atoms with van der Waals surface area (Å²) in [5.41, 5.74) is 2.29. The number of hydrogen-bond donors (Lipinski definition) is 0. The Hall–Kier alpha value is -2.69. The molecule has 0 saturated heterocycles. The van der Waals surface area contributed by atoms with E-state index < -0.39 is 0 Å². The summed E-state index contributed by atoms with van der Waals surface area (Å²) in [5, 5.41) is 0. The topological polar surface area (TPSA) is 57.0 Å². The predicted molar refractivity (Wildman–Crippen MR) is 70.2 cm³/mol. The molecule has 0 radical (unpaired) electrons. The van der Waals surface area contributed by atoms with Crippen LogP contribution in [-0.2, 0) is 4.74 Å². The number of imidazole rings is 1. The Morgan fingerprint density at radius 2 is 2.05 bits per heavy atom. The van der Waals surface area contributed by atoms with Gasteiger partial charge in [0.05, 0.1) is 23.7 Å². The molecule has 0 spiro atoms. The Morgan fingerprint density at radius 3 is 2.89 bits per heavy atom. The third-order valence-corrected chi connectivity index (χ3v) is 2.87. The zero-order chi connectivity index (χ0) is 13.2. The number of ether oxygens (including phenoxy) is 1. The molecule has 0 N–H and O–H groups in total. The molecule has 0 atom stereocenters. The first-order valence-corrected chi connectivity index (χ1v) is 5.76. The highest BCUT2D eigenvalue weighted by molar-refractivity contribution is 5.89.